The first kappa shape index (κ1) is 11.6. The molecular weight excluding hydrogens is 252 g/mol. The zero-order chi connectivity index (χ0) is 12.8. The maximum Gasteiger partial charge on any atom is 0.161 e. The number of pyridine rings is 1. The molecule has 1 atom stereocenters. The van der Waals surface area contributed by atoms with Crippen LogP contribution >= 0.6 is 0 Å². The van der Waals surface area contributed by atoms with Gasteiger partial charge in [-0.3, -0.25) is 4.40 Å². The molecule has 0 spiro atoms. The first-order valence-electron chi connectivity index (χ1n) is 5.83. The van der Waals surface area contributed by atoms with Crippen molar-refractivity contribution in [1.29, 1.82) is 0 Å². The topological polar surface area (TPSA) is 90.3 Å². The summed E-state index contributed by atoms with van der Waals surface area (Å²) in [6.45, 7) is 0.455. The normalized spacial score (nSPS) is 22.6. The Morgan fingerprint density at radius 3 is 2.94 bits per heavy atom. The molecule has 1 aliphatic rings. The quantitative estimate of drug-likeness (QED) is 0.832. The zero-order valence-electron chi connectivity index (χ0n) is 9.78. The summed E-state index contributed by atoms with van der Waals surface area (Å²) in [5, 5.41) is 8.21. The lowest BCUT2D eigenvalue weighted by molar-refractivity contribution is 0.601. The molecule has 7 heteroatoms. The van der Waals surface area contributed by atoms with E-state index in [0.717, 1.165) is 17.0 Å². The lowest BCUT2D eigenvalue weighted by Gasteiger charge is -2.05. The SMILES string of the molecule is NCc1ccn2c(C3CCS(=O)(=O)C3)nnc2c1. The lowest BCUT2D eigenvalue weighted by Crippen LogP contribution is -2.07. The van der Waals surface area contributed by atoms with Crippen LogP contribution in [0.5, 0.6) is 0 Å². The van der Waals surface area contributed by atoms with Crippen molar-refractivity contribution < 1.29 is 8.42 Å². The highest BCUT2D eigenvalue weighted by atomic mass is 32.2. The molecule has 96 valence electrons. The summed E-state index contributed by atoms with van der Waals surface area (Å²) in [6.07, 6.45) is 2.49. The third kappa shape index (κ3) is 1.89. The number of rotatable bonds is 2. The molecule has 2 N–H and O–H groups in total. The predicted octanol–water partition coefficient (Wildman–Crippen LogP) is 0.0901. The minimum absolute atomic E-state index is 0.0475. The molecule has 2 aromatic heterocycles. The van der Waals surface area contributed by atoms with Crippen molar-refractivity contribution in [1.82, 2.24) is 14.6 Å². The van der Waals surface area contributed by atoms with Crippen LogP contribution in [0.2, 0.25) is 0 Å². The van der Waals surface area contributed by atoms with Crippen LogP contribution in [0.3, 0.4) is 0 Å². The summed E-state index contributed by atoms with van der Waals surface area (Å²) in [5.74, 6) is 1.10. The van der Waals surface area contributed by atoms with Crippen LogP contribution in [-0.4, -0.2) is 34.5 Å². The van der Waals surface area contributed by atoms with E-state index in [1.54, 1.807) is 0 Å². The van der Waals surface area contributed by atoms with Crippen LogP contribution in [0.15, 0.2) is 18.3 Å². The van der Waals surface area contributed by atoms with Crippen molar-refractivity contribution >= 4 is 15.5 Å². The fourth-order valence-electron chi connectivity index (χ4n) is 2.36. The molecular formula is C11H14N4O2S. The Kier molecular flexibility index (Phi) is 2.60. The standard InChI is InChI=1S/C11H14N4O2S/c12-6-8-1-3-15-10(5-8)13-14-11(15)9-2-4-18(16,17)7-9/h1,3,5,9H,2,4,6-7,12H2. The van der Waals surface area contributed by atoms with E-state index in [2.05, 4.69) is 10.2 Å². The van der Waals surface area contributed by atoms with Gasteiger partial charge in [0.15, 0.2) is 15.5 Å². The number of hydrogen-bond acceptors (Lipinski definition) is 5. The van der Waals surface area contributed by atoms with E-state index in [9.17, 15) is 8.42 Å². The third-order valence-corrected chi connectivity index (χ3v) is 5.10. The first-order valence-corrected chi connectivity index (χ1v) is 7.65. The maximum absolute atomic E-state index is 11.5. The molecule has 0 aliphatic carbocycles. The van der Waals surface area contributed by atoms with Gasteiger partial charge in [0.2, 0.25) is 0 Å². The fourth-order valence-corrected chi connectivity index (χ4v) is 4.09. The van der Waals surface area contributed by atoms with Gasteiger partial charge in [0.25, 0.3) is 0 Å². The van der Waals surface area contributed by atoms with Crippen LogP contribution in [0, 0.1) is 0 Å². The molecule has 1 fully saturated rings. The highest BCUT2D eigenvalue weighted by Crippen LogP contribution is 2.27. The second-order valence-electron chi connectivity index (χ2n) is 4.63. The number of hydrogen-bond donors (Lipinski definition) is 1. The monoisotopic (exact) mass is 266 g/mol. The summed E-state index contributed by atoms with van der Waals surface area (Å²) < 4.78 is 24.8. The molecule has 18 heavy (non-hydrogen) atoms. The van der Waals surface area contributed by atoms with Gasteiger partial charge in [0.05, 0.1) is 11.5 Å². The van der Waals surface area contributed by atoms with Crippen molar-refractivity contribution in [3.05, 3.63) is 29.7 Å². The molecule has 0 amide bonds. The fraction of sp³-hybridized carbons (Fsp3) is 0.455. The van der Waals surface area contributed by atoms with Crippen LogP contribution in [0.4, 0.5) is 0 Å². The molecule has 1 aliphatic heterocycles. The van der Waals surface area contributed by atoms with Crippen molar-refractivity contribution in [2.24, 2.45) is 5.73 Å². The van der Waals surface area contributed by atoms with Gasteiger partial charge in [-0.05, 0) is 24.1 Å². The van der Waals surface area contributed by atoms with E-state index in [1.807, 2.05) is 22.7 Å². The molecule has 0 radical (unpaired) electrons. The zero-order valence-corrected chi connectivity index (χ0v) is 10.6. The van der Waals surface area contributed by atoms with E-state index >= 15 is 0 Å². The van der Waals surface area contributed by atoms with E-state index in [0.29, 0.717) is 13.0 Å². The van der Waals surface area contributed by atoms with Crippen molar-refractivity contribution in [3.8, 4) is 0 Å². The van der Waals surface area contributed by atoms with Crippen LogP contribution < -0.4 is 5.73 Å². The Morgan fingerprint density at radius 1 is 1.44 bits per heavy atom. The Balaban J connectivity index is 2.03. The molecule has 1 saturated heterocycles. The number of nitrogens with two attached hydrogens (primary N) is 1. The van der Waals surface area contributed by atoms with Gasteiger partial charge in [-0.15, -0.1) is 10.2 Å². The second-order valence-corrected chi connectivity index (χ2v) is 6.85. The van der Waals surface area contributed by atoms with Gasteiger partial charge in [0.1, 0.15) is 5.82 Å². The summed E-state index contributed by atoms with van der Waals surface area (Å²) in [6, 6.07) is 3.78. The van der Waals surface area contributed by atoms with E-state index in [1.165, 1.54) is 0 Å². The maximum atomic E-state index is 11.5. The summed E-state index contributed by atoms with van der Waals surface area (Å²) in [5.41, 5.74) is 7.27. The van der Waals surface area contributed by atoms with E-state index in [-0.39, 0.29) is 17.4 Å². The average Bonchev–Trinajstić information content (AvgIpc) is 2.91. The van der Waals surface area contributed by atoms with Gasteiger partial charge in [-0.1, -0.05) is 0 Å². The van der Waals surface area contributed by atoms with Gasteiger partial charge < -0.3 is 5.73 Å². The Morgan fingerprint density at radius 2 is 2.28 bits per heavy atom. The van der Waals surface area contributed by atoms with Crippen LogP contribution in [-0.2, 0) is 16.4 Å². The smallest absolute Gasteiger partial charge is 0.161 e. The molecule has 6 nitrogen and oxygen atoms in total. The van der Waals surface area contributed by atoms with E-state index in [4.69, 9.17) is 5.73 Å². The highest BCUT2D eigenvalue weighted by Gasteiger charge is 2.32. The van der Waals surface area contributed by atoms with Crippen molar-refractivity contribution in [2.45, 2.75) is 18.9 Å². The average molecular weight is 266 g/mol. The molecule has 0 saturated carbocycles. The molecule has 3 heterocycles. The van der Waals surface area contributed by atoms with Crippen molar-refractivity contribution in [3.63, 3.8) is 0 Å². The highest BCUT2D eigenvalue weighted by molar-refractivity contribution is 7.91. The molecule has 0 bridgehead atoms. The number of sulfone groups is 1. The molecule has 0 aromatic carbocycles. The second kappa shape index (κ2) is 4.03. The van der Waals surface area contributed by atoms with Crippen LogP contribution in [0.1, 0.15) is 23.7 Å². The van der Waals surface area contributed by atoms with Gasteiger partial charge in [-0.2, -0.15) is 0 Å². The largest absolute Gasteiger partial charge is 0.326 e. The van der Waals surface area contributed by atoms with Gasteiger partial charge in [-0.25, -0.2) is 8.42 Å². The van der Waals surface area contributed by atoms with Gasteiger partial charge in [0, 0.05) is 18.7 Å². The van der Waals surface area contributed by atoms with Gasteiger partial charge >= 0.3 is 0 Å². The molecule has 3 rings (SSSR count). The Bertz CT molecular complexity index is 692. The molecule has 2 aromatic rings. The minimum Gasteiger partial charge on any atom is -0.326 e. The van der Waals surface area contributed by atoms with E-state index < -0.39 is 9.84 Å². The first-order chi connectivity index (χ1) is 8.59. The van der Waals surface area contributed by atoms with Crippen molar-refractivity contribution in [2.75, 3.05) is 11.5 Å². The molecule has 1 unspecified atom stereocenters. The lowest BCUT2D eigenvalue weighted by atomic mass is 10.1. The summed E-state index contributed by atoms with van der Waals surface area (Å²) in [7, 11) is -2.90. The summed E-state index contributed by atoms with van der Waals surface area (Å²) in [4.78, 5) is 0. The number of fused-ring (bicyclic) bond motifs is 1. The van der Waals surface area contributed by atoms with Crippen LogP contribution in [0.25, 0.3) is 5.65 Å². The minimum atomic E-state index is -2.90. The Labute approximate surface area is 105 Å². The predicted molar refractivity (Wildman–Crippen MR) is 66.9 cm³/mol. The number of nitrogens with zero attached hydrogens (tertiary/aromatic N) is 3. The Hall–Kier alpha value is -1.47. The number of aromatic nitrogens is 3. The third-order valence-electron chi connectivity index (χ3n) is 3.33. The summed E-state index contributed by atoms with van der Waals surface area (Å²) >= 11 is 0.